The number of benzene rings is 3. The fourth-order valence-electron chi connectivity index (χ4n) is 5.39. The Hall–Kier alpha value is -5.32. The van der Waals surface area contributed by atoms with Crippen LogP contribution in [-0.2, 0) is 17.5 Å². The minimum Gasteiger partial charge on any atom is -0.445 e. The monoisotopic (exact) mass is 626 g/mol. The molecule has 1 amide bonds. The van der Waals surface area contributed by atoms with Crippen LogP contribution in [0.15, 0.2) is 103 Å². The van der Waals surface area contributed by atoms with Crippen LogP contribution in [0.1, 0.15) is 29.7 Å². The number of hydrogen-bond donors (Lipinski definition) is 2. The summed E-state index contributed by atoms with van der Waals surface area (Å²) < 4.78 is 46.5. The number of nitrogens with zero attached hydrogens (tertiary/aromatic N) is 4. The van der Waals surface area contributed by atoms with Crippen molar-refractivity contribution in [2.45, 2.75) is 25.7 Å². The molecule has 2 N–H and O–H groups in total. The summed E-state index contributed by atoms with van der Waals surface area (Å²) in [6, 6.07) is 28.2. The van der Waals surface area contributed by atoms with Crippen LogP contribution in [0, 0.1) is 0 Å². The van der Waals surface area contributed by atoms with Gasteiger partial charge in [0.2, 0.25) is 5.95 Å². The summed E-state index contributed by atoms with van der Waals surface area (Å²) in [7, 11) is 0. The molecule has 236 valence electrons. The van der Waals surface area contributed by atoms with E-state index in [0.717, 1.165) is 23.3 Å². The lowest BCUT2D eigenvalue weighted by molar-refractivity contribution is -0.137. The van der Waals surface area contributed by atoms with Gasteiger partial charge < -0.3 is 24.8 Å². The van der Waals surface area contributed by atoms with Crippen LogP contribution in [0.4, 0.5) is 29.7 Å². The number of carbonyl (C=O) groups excluding carboxylic acids is 1. The van der Waals surface area contributed by atoms with Crippen molar-refractivity contribution in [2.24, 2.45) is 0 Å². The van der Waals surface area contributed by atoms with Crippen LogP contribution in [-0.4, -0.2) is 52.1 Å². The summed E-state index contributed by atoms with van der Waals surface area (Å²) >= 11 is 0. The Kier molecular flexibility index (Phi) is 8.91. The molecule has 1 aliphatic heterocycles. The van der Waals surface area contributed by atoms with Crippen molar-refractivity contribution in [3.05, 3.63) is 120 Å². The van der Waals surface area contributed by atoms with Crippen LogP contribution in [0.3, 0.4) is 0 Å². The van der Waals surface area contributed by atoms with E-state index < -0.39 is 17.8 Å². The van der Waals surface area contributed by atoms with Crippen molar-refractivity contribution >= 4 is 17.9 Å². The van der Waals surface area contributed by atoms with Crippen molar-refractivity contribution in [2.75, 3.05) is 36.4 Å². The third-order valence-electron chi connectivity index (χ3n) is 7.91. The molecular formula is C35H33F3N6O2. The van der Waals surface area contributed by atoms with Crippen LogP contribution in [0.25, 0.3) is 22.5 Å². The quantitative estimate of drug-likeness (QED) is 0.183. The Bertz CT molecular complexity index is 1770. The molecule has 5 aromatic rings. The minimum atomic E-state index is -4.50. The predicted octanol–water partition coefficient (Wildman–Crippen LogP) is 7.79. The number of anilines is 2. The maximum atomic E-state index is 13.7. The first-order valence-corrected chi connectivity index (χ1v) is 15.0. The number of aromatic nitrogens is 3. The van der Waals surface area contributed by atoms with E-state index in [0.29, 0.717) is 60.5 Å². The minimum absolute atomic E-state index is 0.0279. The molecule has 8 nitrogen and oxygen atoms in total. The topological polar surface area (TPSA) is 86.4 Å². The molecule has 3 aromatic carbocycles. The molecule has 0 aliphatic carbocycles. The summed E-state index contributed by atoms with van der Waals surface area (Å²) in [5.41, 5.74) is 3.24. The van der Waals surface area contributed by atoms with E-state index in [-0.39, 0.29) is 12.6 Å². The molecular weight excluding hydrogens is 593 g/mol. The second-order valence-corrected chi connectivity index (χ2v) is 11.1. The van der Waals surface area contributed by atoms with Gasteiger partial charge in [-0.15, -0.1) is 0 Å². The summed E-state index contributed by atoms with van der Waals surface area (Å²) in [5.74, 6) is 1.12. The summed E-state index contributed by atoms with van der Waals surface area (Å²) in [6.07, 6.45) is -3.23. The summed E-state index contributed by atoms with van der Waals surface area (Å²) in [6.45, 7) is 3.96. The molecule has 0 spiro atoms. The number of carbonyl (C=O) groups is 1. The summed E-state index contributed by atoms with van der Waals surface area (Å²) in [5, 5.41) is 3.41. The number of piperazine rings is 1. The molecule has 0 unspecified atom stereocenters. The number of aromatic amines is 1. The zero-order valence-electron chi connectivity index (χ0n) is 25.2. The molecule has 0 saturated carbocycles. The summed E-state index contributed by atoms with van der Waals surface area (Å²) in [4.78, 5) is 29.0. The average molecular weight is 627 g/mol. The highest BCUT2D eigenvalue weighted by molar-refractivity contribution is 5.81. The molecule has 1 saturated heterocycles. The van der Waals surface area contributed by atoms with Crippen LogP contribution in [0.2, 0.25) is 0 Å². The van der Waals surface area contributed by atoms with Gasteiger partial charge in [0, 0.05) is 49.5 Å². The smallest absolute Gasteiger partial charge is 0.416 e. The van der Waals surface area contributed by atoms with Crippen LogP contribution < -0.4 is 10.2 Å². The zero-order valence-corrected chi connectivity index (χ0v) is 25.2. The number of H-pyrrole nitrogens is 1. The molecule has 2 aromatic heterocycles. The van der Waals surface area contributed by atoms with Gasteiger partial charge in [-0.2, -0.15) is 13.2 Å². The molecule has 1 atom stereocenters. The maximum Gasteiger partial charge on any atom is 0.416 e. The lowest BCUT2D eigenvalue weighted by Gasteiger charge is -2.33. The van der Waals surface area contributed by atoms with Crippen LogP contribution >= 0.6 is 0 Å². The lowest BCUT2D eigenvalue weighted by atomic mass is 10.0. The van der Waals surface area contributed by atoms with Crippen molar-refractivity contribution in [3.63, 3.8) is 0 Å². The van der Waals surface area contributed by atoms with E-state index in [4.69, 9.17) is 9.72 Å². The lowest BCUT2D eigenvalue weighted by Crippen LogP contribution is -2.49. The van der Waals surface area contributed by atoms with E-state index in [9.17, 15) is 18.0 Å². The van der Waals surface area contributed by atoms with E-state index >= 15 is 0 Å². The number of ether oxygens (including phenoxy) is 1. The van der Waals surface area contributed by atoms with E-state index in [1.807, 2.05) is 78.6 Å². The largest absolute Gasteiger partial charge is 0.445 e. The third-order valence-corrected chi connectivity index (χ3v) is 7.91. The number of imidazole rings is 1. The Morgan fingerprint density at radius 2 is 1.63 bits per heavy atom. The Labute approximate surface area is 264 Å². The number of amides is 1. The fourth-order valence-corrected chi connectivity index (χ4v) is 5.39. The van der Waals surface area contributed by atoms with E-state index in [1.165, 1.54) is 6.07 Å². The van der Waals surface area contributed by atoms with Gasteiger partial charge >= 0.3 is 12.3 Å². The molecule has 1 fully saturated rings. The molecule has 6 rings (SSSR count). The average Bonchev–Trinajstić information content (AvgIpc) is 3.54. The van der Waals surface area contributed by atoms with Gasteiger partial charge in [0.1, 0.15) is 12.4 Å². The SMILES string of the molecule is C[C@H](Nc1cc(-c2[nH]c(N3CCN(C(=O)OCc4ccccc4)CC3)nc2-c2cccc(C(F)(F)F)c2)ccn1)c1ccccc1. The Morgan fingerprint density at radius 3 is 2.35 bits per heavy atom. The molecule has 46 heavy (non-hydrogen) atoms. The van der Waals surface area contributed by atoms with Gasteiger partial charge in [0.15, 0.2) is 0 Å². The standard InChI is InChI=1S/C35H33F3N6O2/c1-24(26-11-6-3-7-12-26)40-30-22-28(15-16-39-30)32-31(27-13-8-14-29(21-27)35(36,37)38)41-33(42-32)43-17-19-44(20-18-43)34(45)46-23-25-9-4-2-5-10-25/h2-16,21-22,24H,17-20,23H2,1H3,(H,39,40)(H,41,42)/t24-/m0/s1. The Morgan fingerprint density at radius 1 is 0.913 bits per heavy atom. The molecule has 1 aliphatic rings. The van der Waals surface area contributed by atoms with Gasteiger partial charge in [-0.1, -0.05) is 72.8 Å². The highest BCUT2D eigenvalue weighted by Gasteiger charge is 2.31. The van der Waals surface area contributed by atoms with Gasteiger partial charge in [0.05, 0.1) is 17.0 Å². The number of halogens is 3. The van der Waals surface area contributed by atoms with Crippen molar-refractivity contribution in [1.29, 1.82) is 0 Å². The van der Waals surface area contributed by atoms with Gasteiger partial charge in [-0.05, 0) is 42.3 Å². The molecule has 3 heterocycles. The molecule has 0 bridgehead atoms. The van der Waals surface area contributed by atoms with Crippen molar-refractivity contribution in [1.82, 2.24) is 19.9 Å². The van der Waals surface area contributed by atoms with Crippen molar-refractivity contribution in [3.8, 4) is 22.5 Å². The highest BCUT2D eigenvalue weighted by atomic mass is 19.4. The normalized spacial score (nSPS) is 14.2. The first-order chi connectivity index (χ1) is 22.2. The molecule has 0 radical (unpaired) electrons. The second kappa shape index (κ2) is 13.4. The number of nitrogens with one attached hydrogen (secondary N) is 2. The molecule has 11 heteroatoms. The van der Waals surface area contributed by atoms with E-state index in [1.54, 1.807) is 23.2 Å². The first kappa shape index (κ1) is 30.7. The highest BCUT2D eigenvalue weighted by Crippen LogP contribution is 2.37. The zero-order chi connectivity index (χ0) is 32.1. The third kappa shape index (κ3) is 7.14. The number of hydrogen-bond acceptors (Lipinski definition) is 6. The van der Waals surface area contributed by atoms with Crippen molar-refractivity contribution < 1.29 is 22.7 Å². The maximum absolute atomic E-state index is 13.7. The number of pyridine rings is 1. The van der Waals surface area contributed by atoms with E-state index in [2.05, 4.69) is 15.3 Å². The van der Waals surface area contributed by atoms with Gasteiger partial charge in [0.25, 0.3) is 0 Å². The van der Waals surface area contributed by atoms with Gasteiger partial charge in [-0.3, -0.25) is 0 Å². The second-order valence-electron chi connectivity index (χ2n) is 11.1. The number of rotatable bonds is 8. The first-order valence-electron chi connectivity index (χ1n) is 15.0. The van der Waals surface area contributed by atoms with Gasteiger partial charge in [-0.25, -0.2) is 14.8 Å². The van der Waals surface area contributed by atoms with Crippen LogP contribution in [0.5, 0.6) is 0 Å². The Balaban J connectivity index is 1.25. The predicted molar refractivity (Wildman–Crippen MR) is 171 cm³/mol. The number of alkyl halides is 3. The fraction of sp³-hybridized carbons (Fsp3) is 0.229.